The quantitative estimate of drug-likeness (QED) is 0.286. The van der Waals surface area contributed by atoms with Crippen molar-refractivity contribution in [3.8, 4) is 5.75 Å². The average molecular weight is 432 g/mol. The molecule has 0 fully saturated rings. The Morgan fingerprint density at radius 3 is 2.44 bits per heavy atom. The first-order valence-electron chi connectivity index (χ1n) is 9.11. The summed E-state index contributed by atoms with van der Waals surface area (Å²) >= 11 is 5.51. The number of hydrogen-bond acceptors (Lipinski definition) is 2. The molecule has 4 heteroatoms. The van der Waals surface area contributed by atoms with Crippen LogP contribution in [-0.4, -0.2) is 16.8 Å². The largest absolute Gasteiger partial charge is 0.492 e. The van der Waals surface area contributed by atoms with Crippen molar-refractivity contribution in [3.63, 3.8) is 0 Å². The summed E-state index contributed by atoms with van der Waals surface area (Å²) in [5.74, 6) is 0.959. The van der Waals surface area contributed by atoms with Crippen molar-refractivity contribution in [3.05, 3.63) is 34.3 Å². The standard InChI is InChI=1S/C21H24BrOSSi/c1-3-4-5-6-7-8-9-23-18-11-16-15-10-14(2)21(25)13-20(15)24-19(16)12-17(18)22/h10-13H,3-9H2,1-2H3. The zero-order chi connectivity index (χ0) is 17.8. The third-order valence-electron chi connectivity index (χ3n) is 4.63. The molecule has 0 unspecified atom stereocenters. The van der Waals surface area contributed by atoms with E-state index >= 15 is 0 Å². The number of hydrogen-bond donors (Lipinski definition) is 0. The van der Waals surface area contributed by atoms with Gasteiger partial charge in [0.2, 0.25) is 0 Å². The first-order valence-corrected chi connectivity index (χ1v) is 11.2. The molecule has 131 valence electrons. The number of rotatable bonds is 8. The van der Waals surface area contributed by atoms with Crippen molar-refractivity contribution < 1.29 is 4.74 Å². The molecule has 3 aromatic rings. The van der Waals surface area contributed by atoms with E-state index in [4.69, 9.17) is 4.74 Å². The van der Waals surface area contributed by atoms with E-state index in [0.29, 0.717) is 0 Å². The van der Waals surface area contributed by atoms with E-state index in [9.17, 15) is 0 Å². The van der Waals surface area contributed by atoms with E-state index in [1.54, 1.807) is 0 Å². The highest BCUT2D eigenvalue weighted by Gasteiger charge is 2.11. The Bertz CT molecular complexity index is 871. The molecule has 1 aromatic heterocycles. The van der Waals surface area contributed by atoms with Gasteiger partial charge >= 0.3 is 0 Å². The maximum atomic E-state index is 6.07. The van der Waals surface area contributed by atoms with E-state index < -0.39 is 0 Å². The zero-order valence-corrected chi connectivity index (χ0v) is 18.4. The molecule has 3 rings (SSSR count). The molecule has 0 amide bonds. The minimum Gasteiger partial charge on any atom is -0.492 e. The van der Waals surface area contributed by atoms with Crippen LogP contribution in [-0.2, 0) is 0 Å². The zero-order valence-electron chi connectivity index (χ0n) is 15.0. The van der Waals surface area contributed by atoms with Crippen LogP contribution in [0.3, 0.4) is 0 Å². The molecule has 0 spiro atoms. The first kappa shape index (κ1) is 18.9. The number of fused-ring (bicyclic) bond motifs is 3. The van der Waals surface area contributed by atoms with Gasteiger partial charge in [-0.15, -0.1) is 11.3 Å². The molecule has 0 saturated heterocycles. The summed E-state index contributed by atoms with van der Waals surface area (Å²) < 4.78 is 9.73. The maximum absolute atomic E-state index is 6.07. The summed E-state index contributed by atoms with van der Waals surface area (Å²) in [5, 5.41) is 3.77. The third-order valence-corrected chi connectivity index (χ3v) is 6.90. The highest BCUT2D eigenvalue weighted by atomic mass is 79.9. The first-order chi connectivity index (χ1) is 12.1. The Morgan fingerprint density at radius 2 is 1.64 bits per heavy atom. The lowest BCUT2D eigenvalue weighted by Crippen LogP contribution is -2.05. The van der Waals surface area contributed by atoms with Crippen molar-refractivity contribution in [2.45, 2.75) is 52.4 Å². The second-order valence-corrected chi connectivity index (χ2v) is 9.14. The summed E-state index contributed by atoms with van der Waals surface area (Å²) in [6.45, 7) is 5.19. The fraction of sp³-hybridized carbons (Fsp3) is 0.429. The van der Waals surface area contributed by atoms with Crippen LogP contribution in [0.25, 0.3) is 20.2 Å². The molecule has 3 radical (unpaired) electrons. The number of thiophene rings is 1. The second-order valence-electron chi connectivity index (χ2n) is 6.66. The molecule has 0 N–H and O–H groups in total. The normalized spacial score (nSPS) is 11.5. The van der Waals surface area contributed by atoms with Gasteiger partial charge in [0.1, 0.15) is 5.75 Å². The Balaban J connectivity index is 1.74. The minimum absolute atomic E-state index is 0.794. The van der Waals surface area contributed by atoms with E-state index in [-0.39, 0.29) is 0 Å². The lowest BCUT2D eigenvalue weighted by molar-refractivity contribution is 0.303. The molecule has 1 heterocycles. The van der Waals surface area contributed by atoms with Crippen molar-refractivity contribution in [2.75, 3.05) is 6.61 Å². The van der Waals surface area contributed by atoms with Crippen LogP contribution in [0.2, 0.25) is 0 Å². The van der Waals surface area contributed by atoms with Crippen LogP contribution >= 0.6 is 27.3 Å². The van der Waals surface area contributed by atoms with Crippen LogP contribution in [0, 0.1) is 6.92 Å². The molecule has 25 heavy (non-hydrogen) atoms. The Morgan fingerprint density at radius 1 is 0.960 bits per heavy atom. The van der Waals surface area contributed by atoms with E-state index in [0.717, 1.165) is 28.4 Å². The Hall–Kier alpha value is -0.843. The molecular formula is C21H24BrOSSi. The summed E-state index contributed by atoms with van der Waals surface area (Å²) in [7, 11) is 3.69. The second kappa shape index (κ2) is 8.70. The fourth-order valence-corrected chi connectivity index (χ4v) is 5.19. The van der Waals surface area contributed by atoms with Gasteiger partial charge in [0.15, 0.2) is 0 Å². The molecule has 0 aliphatic heterocycles. The van der Waals surface area contributed by atoms with Crippen LogP contribution in [0.1, 0.15) is 51.0 Å². The van der Waals surface area contributed by atoms with Gasteiger partial charge in [-0.1, -0.05) is 55.8 Å². The van der Waals surface area contributed by atoms with Gasteiger partial charge in [0, 0.05) is 20.2 Å². The van der Waals surface area contributed by atoms with Crippen LogP contribution in [0.5, 0.6) is 5.75 Å². The Kier molecular flexibility index (Phi) is 6.59. The number of aryl methyl sites for hydroxylation is 1. The van der Waals surface area contributed by atoms with Gasteiger partial charge in [0.25, 0.3) is 0 Å². The fourth-order valence-electron chi connectivity index (χ4n) is 3.11. The van der Waals surface area contributed by atoms with Crippen LogP contribution < -0.4 is 9.92 Å². The summed E-state index contributed by atoms with van der Waals surface area (Å²) in [4.78, 5) is 0. The number of unbranched alkanes of at least 4 members (excludes halogenated alkanes) is 5. The van der Waals surface area contributed by atoms with Crippen molar-refractivity contribution >= 4 is 62.9 Å². The SMILES string of the molecule is CCCCCCCCOc1cc2c(cc1Br)sc1cc([Si])c(C)cc12. The van der Waals surface area contributed by atoms with Gasteiger partial charge < -0.3 is 4.74 Å². The van der Waals surface area contributed by atoms with Crippen molar-refractivity contribution in [1.29, 1.82) is 0 Å². The third kappa shape index (κ3) is 4.47. The lowest BCUT2D eigenvalue weighted by Gasteiger charge is -2.09. The van der Waals surface area contributed by atoms with E-state index in [2.05, 4.69) is 64.3 Å². The van der Waals surface area contributed by atoms with Crippen molar-refractivity contribution in [1.82, 2.24) is 0 Å². The van der Waals surface area contributed by atoms with E-state index in [1.807, 2.05) is 11.3 Å². The van der Waals surface area contributed by atoms with E-state index in [1.165, 1.54) is 57.8 Å². The lowest BCUT2D eigenvalue weighted by atomic mass is 10.1. The maximum Gasteiger partial charge on any atom is 0.134 e. The van der Waals surface area contributed by atoms with Gasteiger partial charge in [-0.25, -0.2) is 0 Å². The number of benzene rings is 2. The summed E-state index contributed by atoms with van der Waals surface area (Å²) in [6.07, 6.45) is 7.71. The Labute approximate surface area is 166 Å². The predicted molar refractivity (Wildman–Crippen MR) is 116 cm³/mol. The van der Waals surface area contributed by atoms with Crippen LogP contribution in [0.15, 0.2) is 28.7 Å². The molecule has 1 nitrogen and oxygen atoms in total. The smallest absolute Gasteiger partial charge is 0.134 e. The average Bonchev–Trinajstić information content (AvgIpc) is 2.90. The molecule has 2 aromatic carbocycles. The highest BCUT2D eigenvalue weighted by molar-refractivity contribution is 9.10. The molecule has 0 saturated carbocycles. The predicted octanol–water partition coefficient (Wildman–Crippen LogP) is 6.66. The van der Waals surface area contributed by atoms with Gasteiger partial charge in [-0.05, 0) is 47.5 Å². The van der Waals surface area contributed by atoms with Gasteiger partial charge in [-0.3, -0.25) is 0 Å². The molecular weight excluding hydrogens is 408 g/mol. The molecule has 0 aliphatic carbocycles. The highest BCUT2D eigenvalue weighted by Crippen LogP contribution is 2.39. The van der Waals surface area contributed by atoms with Crippen LogP contribution in [0.4, 0.5) is 0 Å². The van der Waals surface area contributed by atoms with Crippen molar-refractivity contribution in [2.24, 2.45) is 0 Å². The summed E-state index contributed by atoms with van der Waals surface area (Å²) in [6, 6.07) is 8.88. The molecule has 0 atom stereocenters. The van der Waals surface area contributed by atoms with Gasteiger partial charge in [0.05, 0.1) is 21.3 Å². The summed E-state index contributed by atoms with van der Waals surface area (Å²) in [5.41, 5.74) is 1.27. The van der Waals surface area contributed by atoms with Gasteiger partial charge in [-0.2, -0.15) is 0 Å². The molecule has 0 aliphatic rings. The monoisotopic (exact) mass is 431 g/mol. The molecule has 0 bridgehead atoms. The number of ether oxygens (including phenoxy) is 1. The topological polar surface area (TPSA) is 9.23 Å². The minimum atomic E-state index is 0.794. The number of halogens is 1.